The molecule has 1 unspecified atom stereocenters. The van der Waals surface area contributed by atoms with Crippen molar-refractivity contribution in [2.24, 2.45) is 0 Å². The number of nitrogens with zero attached hydrogens (tertiary/aromatic N) is 4. The summed E-state index contributed by atoms with van der Waals surface area (Å²) in [5.74, 6) is 0. The SMILES string of the molecule is CN1CCN(CCCN2c3ccccc3S(=O)c3ccc(S(=O)(=O)N(C)C)cc32)CC1. The minimum Gasteiger partial charge on any atom is -0.339 e. The van der Waals surface area contributed by atoms with Crippen molar-refractivity contribution in [1.29, 1.82) is 0 Å². The molecule has 0 amide bonds. The van der Waals surface area contributed by atoms with Crippen LogP contribution in [0.1, 0.15) is 6.42 Å². The summed E-state index contributed by atoms with van der Waals surface area (Å²) in [7, 11) is 0.286. The summed E-state index contributed by atoms with van der Waals surface area (Å²) in [5.41, 5.74) is 1.62. The van der Waals surface area contributed by atoms with Gasteiger partial charge >= 0.3 is 0 Å². The van der Waals surface area contributed by atoms with E-state index in [2.05, 4.69) is 21.7 Å². The first-order chi connectivity index (χ1) is 14.8. The van der Waals surface area contributed by atoms with Gasteiger partial charge < -0.3 is 14.7 Å². The van der Waals surface area contributed by atoms with Crippen LogP contribution in [0.2, 0.25) is 0 Å². The number of rotatable bonds is 6. The average molecular weight is 463 g/mol. The highest BCUT2D eigenvalue weighted by molar-refractivity contribution is 7.89. The number of sulfonamides is 1. The molecule has 2 aliphatic heterocycles. The van der Waals surface area contributed by atoms with E-state index < -0.39 is 20.8 Å². The van der Waals surface area contributed by atoms with Gasteiger partial charge in [-0.1, -0.05) is 12.1 Å². The van der Waals surface area contributed by atoms with Crippen molar-refractivity contribution < 1.29 is 12.6 Å². The van der Waals surface area contributed by atoms with Crippen LogP contribution < -0.4 is 4.90 Å². The molecule has 0 spiro atoms. The Morgan fingerprint density at radius 3 is 2.32 bits per heavy atom. The van der Waals surface area contributed by atoms with Crippen LogP contribution in [0.4, 0.5) is 11.4 Å². The van der Waals surface area contributed by atoms with E-state index in [0.29, 0.717) is 4.90 Å². The van der Waals surface area contributed by atoms with Crippen LogP contribution in [-0.2, 0) is 20.8 Å². The molecule has 1 saturated heterocycles. The number of piperazine rings is 1. The predicted octanol–water partition coefficient (Wildman–Crippen LogP) is 2.19. The van der Waals surface area contributed by atoms with E-state index in [4.69, 9.17) is 0 Å². The van der Waals surface area contributed by atoms with Gasteiger partial charge in [-0.05, 0) is 50.3 Å². The average Bonchev–Trinajstić information content (AvgIpc) is 2.77. The second-order valence-corrected chi connectivity index (χ2v) is 11.9. The summed E-state index contributed by atoms with van der Waals surface area (Å²) < 4.78 is 39.9. The molecule has 7 nitrogen and oxygen atoms in total. The first kappa shape index (κ1) is 22.4. The number of fused-ring (bicyclic) bond motifs is 2. The van der Waals surface area contributed by atoms with E-state index in [1.807, 2.05) is 24.3 Å². The second kappa shape index (κ2) is 8.99. The fraction of sp³-hybridized carbons (Fsp3) is 0.455. The molecular weight excluding hydrogens is 432 g/mol. The van der Waals surface area contributed by atoms with E-state index in [9.17, 15) is 12.6 Å². The highest BCUT2D eigenvalue weighted by Crippen LogP contribution is 2.43. The van der Waals surface area contributed by atoms with Crippen LogP contribution >= 0.6 is 0 Å². The third-order valence-corrected chi connectivity index (χ3v) is 9.31. The van der Waals surface area contributed by atoms with Gasteiger partial charge in [0, 0.05) is 46.8 Å². The van der Waals surface area contributed by atoms with Crippen molar-refractivity contribution in [2.45, 2.75) is 21.1 Å². The van der Waals surface area contributed by atoms with E-state index in [1.54, 1.807) is 18.2 Å². The largest absolute Gasteiger partial charge is 0.339 e. The monoisotopic (exact) mass is 462 g/mol. The van der Waals surface area contributed by atoms with Crippen molar-refractivity contribution in [3.05, 3.63) is 42.5 Å². The Morgan fingerprint density at radius 2 is 1.61 bits per heavy atom. The van der Waals surface area contributed by atoms with Crippen molar-refractivity contribution in [1.82, 2.24) is 14.1 Å². The molecule has 0 aliphatic carbocycles. The van der Waals surface area contributed by atoms with Crippen LogP contribution in [0.5, 0.6) is 0 Å². The van der Waals surface area contributed by atoms with Crippen molar-refractivity contribution in [3.8, 4) is 0 Å². The summed E-state index contributed by atoms with van der Waals surface area (Å²) in [6.07, 6.45) is 0.939. The standard InChI is InChI=1S/C22H30N4O3S2/c1-23(2)31(28,29)18-9-10-22-20(17-18)26(19-7-4-5-8-21(19)30(22)27)12-6-11-25-15-13-24(3)14-16-25/h4-5,7-10,17H,6,11-16H2,1-3H3. The molecule has 4 rings (SSSR count). The molecule has 0 radical (unpaired) electrons. The summed E-state index contributed by atoms with van der Waals surface area (Å²) >= 11 is 0. The Kier molecular flexibility index (Phi) is 6.50. The van der Waals surface area contributed by atoms with Gasteiger partial charge in [0.15, 0.2) is 0 Å². The highest BCUT2D eigenvalue weighted by atomic mass is 32.2. The molecule has 31 heavy (non-hydrogen) atoms. The molecule has 2 aromatic carbocycles. The molecule has 2 heterocycles. The van der Waals surface area contributed by atoms with Gasteiger partial charge in [-0.15, -0.1) is 0 Å². The zero-order valence-corrected chi connectivity index (χ0v) is 20.0. The second-order valence-electron chi connectivity index (χ2n) is 8.30. The molecule has 168 valence electrons. The fourth-order valence-electron chi connectivity index (χ4n) is 4.09. The maximum atomic E-state index is 13.2. The molecule has 9 heteroatoms. The van der Waals surface area contributed by atoms with Gasteiger partial charge in [0.1, 0.15) is 0 Å². The van der Waals surface area contributed by atoms with E-state index in [1.165, 1.54) is 18.4 Å². The number of hydrogen-bond acceptors (Lipinski definition) is 6. The van der Waals surface area contributed by atoms with Crippen LogP contribution in [0.15, 0.2) is 57.2 Å². The molecule has 2 aliphatic rings. The zero-order valence-electron chi connectivity index (χ0n) is 18.3. The first-order valence-electron chi connectivity index (χ1n) is 10.5. The first-order valence-corrected chi connectivity index (χ1v) is 13.1. The maximum absolute atomic E-state index is 13.2. The summed E-state index contributed by atoms with van der Waals surface area (Å²) in [6.45, 7) is 6.03. The number of anilines is 2. The van der Waals surface area contributed by atoms with E-state index >= 15 is 0 Å². The van der Waals surface area contributed by atoms with Crippen LogP contribution in [-0.4, -0.2) is 87.1 Å². The highest BCUT2D eigenvalue weighted by Gasteiger charge is 2.30. The third-order valence-electron chi connectivity index (χ3n) is 6.01. The Hall–Kier alpha value is -1.78. The van der Waals surface area contributed by atoms with Gasteiger partial charge in [0.2, 0.25) is 10.0 Å². The smallest absolute Gasteiger partial charge is 0.242 e. The Bertz CT molecular complexity index is 1080. The Morgan fingerprint density at radius 1 is 0.935 bits per heavy atom. The fourth-order valence-corrected chi connectivity index (χ4v) is 6.37. The lowest BCUT2D eigenvalue weighted by atomic mass is 10.2. The number of likely N-dealkylation sites (N-methyl/N-ethyl adjacent to an activating group) is 1. The Labute approximate surface area is 187 Å². The van der Waals surface area contributed by atoms with E-state index in [-0.39, 0.29) is 4.90 Å². The van der Waals surface area contributed by atoms with Gasteiger partial charge in [0.05, 0.1) is 36.9 Å². The maximum Gasteiger partial charge on any atom is 0.242 e. The Balaban J connectivity index is 1.64. The van der Waals surface area contributed by atoms with Gasteiger partial charge in [0.25, 0.3) is 0 Å². The summed E-state index contributed by atoms with van der Waals surface area (Å²) in [4.78, 5) is 8.61. The predicted molar refractivity (Wildman–Crippen MR) is 124 cm³/mol. The number of para-hydroxylation sites is 1. The lowest BCUT2D eigenvalue weighted by molar-refractivity contribution is 0.153. The van der Waals surface area contributed by atoms with Crippen LogP contribution in [0, 0.1) is 0 Å². The molecule has 2 aromatic rings. The van der Waals surface area contributed by atoms with Gasteiger partial charge in [-0.2, -0.15) is 0 Å². The topological polar surface area (TPSA) is 64.2 Å². The van der Waals surface area contributed by atoms with Gasteiger partial charge in [-0.3, -0.25) is 0 Å². The number of hydrogen-bond donors (Lipinski definition) is 0. The molecule has 1 atom stereocenters. The summed E-state index contributed by atoms with van der Waals surface area (Å²) in [6, 6.07) is 12.6. The molecular formula is C22H30N4O3S2. The van der Waals surface area contributed by atoms with Crippen LogP contribution in [0.3, 0.4) is 0 Å². The molecule has 0 bridgehead atoms. The summed E-state index contributed by atoms with van der Waals surface area (Å²) in [5, 5.41) is 0. The molecule has 0 saturated carbocycles. The minimum atomic E-state index is -3.58. The molecule has 1 fully saturated rings. The van der Waals surface area contributed by atoms with Crippen molar-refractivity contribution >= 4 is 32.2 Å². The lowest BCUT2D eigenvalue weighted by Crippen LogP contribution is -2.45. The van der Waals surface area contributed by atoms with E-state index in [0.717, 1.165) is 62.0 Å². The van der Waals surface area contributed by atoms with Gasteiger partial charge in [-0.25, -0.2) is 16.9 Å². The third kappa shape index (κ3) is 4.42. The normalized spacial score (nSPS) is 20.0. The zero-order chi connectivity index (χ0) is 22.2. The van der Waals surface area contributed by atoms with Crippen molar-refractivity contribution in [3.63, 3.8) is 0 Å². The minimum absolute atomic E-state index is 0.219. The molecule has 0 N–H and O–H groups in total. The van der Waals surface area contributed by atoms with Crippen LogP contribution in [0.25, 0.3) is 0 Å². The number of benzene rings is 2. The molecule has 0 aromatic heterocycles. The van der Waals surface area contributed by atoms with Crippen molar-refractivity contribution in [2.75, 3.05) is 65.3 Å². The quantitative estimate of drug-likeness (QED) is 0.656. The lowest BCUT2D eigenvalue weighted by Gasteiger charge is -2.35.